The van der Waals surface area contributed by atoms with Gasteiger partial charge in [0.15, 0.2) is 0 Å². The standard InChI is InChI=1S/C42H59ClN4O5S/c1-5-6-19-45-20-22-46(23-21-45)28-42(51-4)18-7-9-30(2)31(3)53(49,50)44-40(48)33-12-16-39-38(25-33)47(26-34-11-14-37(34)42)27-41(29-52-39)17-8-10-32-24-35(43)13-15-36(32)41/h7,12-13,15-16,18,24-25,30-31,34,37H,5-6,8-11,14,17,19-23,26-29H2,1-4H3,(H,44,48)/b18-7+/t30-,31+,34-,37+,41-,42+/m0/s1. The van der Waals surface area contributed by atoms with Gasteiger partial charge < -0.3 is 19.3 Å². The summed E-state index contributed by atoms with van der Waals surface area (Å²) >= 11 is 6.51. The number of methoxy groups -OCH3 is 1. The van der Waals surface area contributed by atoms with Gasteiger partial charge in [-0.1, -0.05) is 50.1 Å². The van der Waals surface area contributed by atoms with Gasteiger partial charge in [0.2, 0.25) is 10.0 Å². The molecule has 11 heteroatoms. The predicted molar refractivity (Wildman–Crippen MR) is 213 cm³/mol. The number of sulfonamides is 1. The van der Waals surface area contributed by atoms with Crippen LogP contribution in [0.15, 0.2) is 48.6 Å². The first-order chi connectivity index (χ1) is 25.5. The number of piperazine rings is 1. The number of amides is 1. The van der Waals surface area contributed by atoms with Crippen LogP contribution >= 0.6 is 11.6 Å². The van der Waals surface area contributed by atoms with Crippen molar-refractivity contribution in [2.24, 2.45) is 17.8 Å². The van der Waals surface area contributed by atoms with E-state index < -0.39 is 26.8 Å². The van der Waals surface area contributed by atoms with Gasteiger partial charge in [-0.25, -0.2) is 13.1 Å². The number of nitrogens with zero attached hydrogens (tertiary/aromatic N) is 3. The van der Waals surface area contributed by atoms with Crippen molar-refractivity contribution in [2.45, 2.75) is 88.4 Å². The summed E-state index contributed by atoms with van der Waals surface area (Å²) < 4.78 is 43.0. The molecule has 6 atom stereocenters. The van der Waals surface area contributed by atoms with Crippen LogP contribution in [0.2, 0.25) is 5.02 Å². The molecule has 0 radical (unpaired) electrons. The lowest BCUT2D eigenvalue weighted by molar-refractivity contribution is -0.0954. The Kier molecular flexibility index (Phi) is 11.6. The fourth-order valence-corrected chi connectivity index (χ4v) is 11.2. The molecule has 2 bridgehead atoms. The Bertz CT molecular complexity index is 1780. The molecule has 5 aliphatic rings. The van der Waals surface area contributed by atoms with Crippen LogP contribution in [-0.4, -0.2) is 101 Å². The molecule has 9 nitrogen and oxygen atoms in total. The maximum absolute atomic E-state index is 13.7. The van der Waals surface area contributed by atoms with Crippen molar-refractivity contribution >= 4 is 33.2 Å². The molecule has 2 aromatic rings. The van der Waals surface area contributed by atoms with Crippen LogP contribution < -0.4 is 14.4 Å². The number of aryl methyl sites for hydroxylation is 1. The minimum atomic E-state index is -3.95. The number of carbonyl (C=O) groups is 1. The average molecular weight is 767 g/mol. The second-order valence-corrected chi connectivity index (χ2v) is 19.1. The average Bonchev–Trinajstić information content (AvgIpc) is 3.28. The van der Waals surface area contributed by atoms with Crippen molar-refractivity contribution in [3.05, 3.63) is 70.3 Å². The molecule has 2 aliphatic carbocycles. The summed E-state index contributed by atoms with van der Waals surface area (Å²) in [5, 5.41) is -0.0180. The Morgan fingerprint density at radius 2 is 1.85 bits per heavy atom. The molecule has 0 aromatic heterocycles. The molecular formula is C42H59ClN4O5S. The van der Waals surface area contributed by atoms with Crippen LogP contribution in [-0.2, 0) is 26.6 Å². The van der Waals surface area contributed by atoms with Gasteiger partial charge in [-0.15, -0.1) is 0 Å². The van der Waals surface area contributed by atoms with E-state index in [1.807, 2.05) is 32.2 Å². The molecule has 53 heavy (non-hydrogen) atoms. The number of rotatable bonds is 6. The number of halogens is 1. The van der Waals surface area contributed by atoms with E-state index in [-0.39, 0.29) is 17.3 Å². The molecule has 1 saturated heterocycles. The molecule has 1 N–H and O–H groups in total. The van der Waals surface area contributed by atoms with E-state index in [1.54, 1.807) is 13.0 Å². The van der Waals surface area contributed by atoms with E-state index in [0.717, 1.165) is 101 Å². The van der Waals surface area contributed by atoms with Crippen LogP contribution in [0.5, 0.6) is 5.75 Å². The third kappa shape index (κ3) is 7.91. The zero-order chi connectivity index (χ0) is 37.4. The third-order valence-electron chi connectivity index (χ3n) is 13.4. The minimum absolute atomic E-state index is 0.210. The van der Waals surface area contributed by atoms with Gasteiger partial charge in [0.05, 0.1) is 17.5 Å². The number of nitrogens with one attached hydrogen (secondary N) is 1. The molecule has 1 amide bonds. The monoisotopic (exact) mass is 766 g/mol. The van der Waals surface area contributed by atoms with Crippen LogP contribution in [0.4, 0.5) is 5.69 Å². The summed E-state index contributed by atoms with van der Waals surface area (Å²) in [6.07, 6.45) is 12.6. The number of hydrogen-bond donors (Lipinski definition) is 1. The molecule has 0 unspecified atom stereocenters. The smallest absolute Gasteiger partial charge is 0.264 e. The Balaban J connectivity index is 1.27. The highest BCUT2D eigenvalue weighted by Crippen LogP contribution is 2.49. The molecule has 7 rings (SSSR count). The SMILES string of the molecule is CCCCN1CCN(C[C@]2(OC)/C=C/C[C@H](C)[C@@H](C)S(=O)(=O)NC(=O)c3ccc4c(c3)N(C[C@@H]3CC[C@H]32)C[C@@]2(CCCc3cc(Cl)ccc32)CO4)CC1. The molecular weight excluding hydrogens is 708 g/mol. The molecule has 1 saturated carbocycles. The normalized spacial score (nSPS) is 32.8. The number of benzene rings is 2. The Hall–Kier alpha value is -2.63. The summed E-state index contributed by atoms with van der Waals surface area (Å²) in [5.74, 6) is 0.530. The van der Waals surface area contributed by atoms with Gasteiger partial charge in [0.25, 0.3) is 5.91 Å². The minimum Gasteiger partial charge on any atom is -0.490 e. The number of unbranched alkanes of at least 4 members (excludes halogenated alkanes) is 1. The van der Waals surface area contributed by atoms with E-state index in [2.05, 4.69) is 50.6 Å². The zero-order valence-electron chi connectivity index (χ0n) is 32.1. The largest absolute Gasteiger partial charge is 0.490 e. The first-order valence-corrected chi connectivity index (χ1v) is 21.9. The van der Waals surface area contributed by atoms with Crippen molar-refractivity contribution in [2.75, 3.05) is 71.0 Å². The molecule has 3 aliphatic heterocycles. The van der Waals surface area contributed by atoms with Crippen LogP contribution in [0.25, 0.3) is 0 Å². The number of anilines is 1. The van der Waals surface area contributed by atoms with Crippen LogP contribution in [0, 0.1) is 17.8 Å². The van der Waals surface area contributed by atoms with Crippen molar-refractivity contribution in [1.29, 1.82) is 0 Å². The van der Waals surface area contributed by atoms with E-state index in [0.29, 0.717) is 24.5 Å². The van der Waals surface area contributed by atoms with Gasteiger partial charge in [0.1, 0.15) is 11.4 Å². The quantitative estimate of drug-likeness (QED) is 0.326. The van der Waals surface area contributed by atoms with Gasteiger partial charge in [-0.2, -0.15) is 0 Å². The summed E-state index contributed by atoms with van der Waals surface area (Å²) in [6, 6.07) is 11.7. The lowest BCUT2D eigenvalue weighted by Crippen LogP contribution is -2.59. The zero-order valence-corrected chi connectivity index (χ0v) is 33.7. The van der Waals surface area contributed by atoms with E-state index in [4.69, 9.17) is 21.1 Å². The second kappa shape index (κ2) is 15.8. The Morgan fingerprint density at radius 3 is 2.58 bits per heavy atom. The maximum Gasteiger partial charge on any atom is 0.264 e. The Labute approximate surface area is 322 Å². The fourth-order valence-electron chi connectivity index (χ4n) is 9.71. The summed E-state index contributed by atoms with van der Waals surface area (Å²) in [7, 11) is -2.08. The number of hydrogen-bond acceptors (Lipinski definition) is 8. The number of ether oxygens (including phenoxy) is 2. The summed E-state index contributed by atoms with van der Waals surface area (Å²) in [5.41, 5.74) is 2.95. The lowest BCUT2D eigenvalue weighted by atomic mass is 9.63. The fraction of sp³-hybridized carbons (Fsp3) is 0.643. The molecule has 2 aromatic carbocycles. The highest BCUT2D eigenvalue weighted by atomic mass is 35.5. The predicted octanol–water partition coefficient (Wildman–Crippen LogP) is 6.69. The maximum atomic E-state index is 13.7. The number of fused-ring (bicyclic) bond motifs is 4. The summed E-state index contributed by atoms with van der Waals surface area (Å²) in [6.45, 7) is 14.0. The first kappa shape index (κ1) is 38.6. The third-order valence-corrected chi connectivity index (χ3v) is 15.5. The molecule has 3 heterocycles. The van der Waals surface area contributed by atoms with Crippen molar-refractivity contribution in [1.82, 2.24) is 14.5 Å². The molecule has 290 valence electrons. The number of carbonyl (C=O) groups excluding carboxylic acids is 1. The number of allylic oxidation sites excluding steroid dienone is 1. The van der Waals surface area contributed by atoms with Gasteiger partial charge >= 0.3 is 0 Å². The van der Waals surface area contributed by atoms with E-state index in [1.165, 1.54) is 24.0 Å². The van der Waals surface area contributed by atoms with E-state index in [9.17, 15) is 13.2 Å². The second-order valence-electron chi connectivity index (χ2n) is 16.7. The van der Waals surface area contributed by atoms with E-state index >= 15 is 0 Å². The van der Waals surface area contributed by atoms with Crippen molar-refractivity contribution in [3.63, 3.8) is 0 Å². The lowest BCUT2D eigenvalue weighted by Gasteiger charge is -2.52. The van der Waals surface area contributed by atoms with Crippen LogP contribution in [0.1, 0.15) is 87.2 Å². The molecule has 2 fully saturated rings. The first-order valence-electron chi connectivity index (χ1n) is 20.0. The highest BCUT2D eigenvalue weighted by molar-refractivity contribution is 7.90. The Morgan fingerprint density at radius 1 is 1.06 bits per heavy atom. The van der Waals surface area contributed by atoms with Crippen molar-refractivity contribution in [3.8, 4) is 5.75 Å². The highest BCUT2D eigenvalue weighted by Gasteiger charge is 2.50. The van der Waals surface area contributed by atoms with Crippen molar-refractivity contribution < 1.29 is 22.7 Å². The van der Waals surface area contributed by atoms with Gasteiger partial charge in [-0.05, 0) is 118 Å². The van der Waals surface area contributed by atoms with Crippen LogP contribution in [0.3, 0.4) is 0 Å². The molecule has 1 spiro atoms. The van der Waals surface area contributed by atoms with Gasteiger partial charge in [-0.3, -0.25) is 9.69 Å². The summed E-state index contributed by atoms with van der Waals surface area (Å²) in [4.78, 5) is 21.3. The topological polar surface area (TPSA) is 91.4 Å². The van der Waals surface area contributed by atoms with Gasteiger partial charge in [0, 0.05) is 68.9 Å².